The largest absolute Gasteiger partial charge is 0.316 e. The Morgan fingerprint density at radius 3 is 2.83 bits per heavy atom. The average Bonchev–Trinajstić information content (AvgIpc) is 2.53. The van der Waals surface area contributed by atoms with Gasteiger partial charge in [-0.15, -0.1) is 0 Å². The third kappa shape index (κ3) is 3.11. The molecule has 0 aromatic carbocycles. The molecule has 0 radical (unpaired) electrons. The highest BCUT2D eigenvalue weighted by Gasteiger charge is 2.19. The van der Waals surface area contributed by atoms with Crippen LogP contribution in [0.25, 0.3) is 0 Å². The lowest BCUT2D eigenvalue weighted by Gasteiger charge is -2.14. The summed E-state index contributed by atoms with van der Waals surface area (Å²) in [6.45, 7) is 6.14. The molecule has 2 heteroatoms. The summed E-state index contributed by atoms with van der Waals surface area (Å²) in [7, 11) is 2.07. The number of likely N-dealkylation sites (N-methyl/N-ethyl adjacent to an activating group) is 1. The smallest absolute Gasteiger partial charge is 0.0204 e. The summed E-state index contributed by atoms with van der Waals surface area (Å²) in [5.41, 5.74) is 0. The third-order valence-electron chi connectivity index (χ3n) is 2.76. The Balaban J connectivity index is 2.03. The molecule has 1 N–H and O–H groups in total. The first kappa shape index (κ1) is 10.0. The normalized spacial score (nSPS) is 25.0. The summed E-state index contributed by atoms with van der Waals surface area (Å²) >= 11 is 0. The third-order valence-corrected chi connectivity index (χ3v) is 2.76. The first-order chi connectivity index (χ1) is 5.86. The van der Waals surface area contributed by atoms with Crippen LogP contribution in [-0.2, 0) is 0 Å². The first-order valence-electron chi connectivity index (χ1n) is 5.26. The molecular formula is C10H22N2. The molecule has 0 amide bonds. The molecule has 1 fully saturated rings. The van der Waals surface area contributed by atoms with Crippen molar-refractivity contribution in [3.05, 3.63) is 0 Å². The highest BCUT2D eigenvalue weighted by atomic mass is 15.2. The summed E-state index contributed by atoms with van der Waals surface area (Å²) in [6, 6.07) is 0.756. The number of nitrogens with one attached hydrogen (secondary N) is 1. The molecule has 0 saturated carbocycles. The Kier molecular flexibility index (Phi) is 4.62. The van der Waals surface area contributed by atoms with Gasteiger partial charge in [0.2, 0.25) is 0 Å². The topological polar surface area (TPSA) is 15.3 Å². The van der Waals surface area contributed by atoms with Crippen molar-refractivity contribution in [1.29, 1.82) is 0 Å². The summed E-state index contributed by atoms with van der Waals surface area (Å²) in [5, 5.41) is 3.34. The zero-order valence-electron chi connectivity index (χ0n) is 8.47. The fourth-order valence-electron chi connectivity index (χ4n) is 1.86. The molecule has 0 spiro atoms. The SMILES string of the molecule is CCCCCN1CCC(NC)C1. The Labute approximate surface area is 76.3 Å². The van der Waals surface area contributed by atoms with Crippen LogP contribution in [0.3, 0.4) is 0 Å². The van der Waals surface area contributed by atoms with Gasteiger partial charge in [-0.05, 0) is 33.0 Å². The minimum Gasteiger partial charge on any atom is -0.316 e. The second kappa shape index (κ2) is 5.55. The van der Waals surface area contributed by atoms with Gasteiger partial charge in [0.25, 0.3) is 0 Å². The van der Waals surface area contributed by atoms with Crippen molar-refractivity contribution < 1.29 is 0 Å². The van der Waals surface area contributed by atoms with Gasteiger partial charge in [0.15, 0.2) is 0 Å². The van der Waals surface area contributed by atoms with Crippen LogP contribution in [0.2, 0.25) is 0 Å². The van der Waals surface area contributed by atoms with Crippen LogP contribution < -0.4 is 5.32 Å². The first-order valence-corrected chi connectivity index (χ1v) is 5.26. The van der Waals surface area contributed by atoms with Gasteiger partial charge < -0.3 is 10.2 Å². The van der Waals surface area contributed by atoms with E-state index in [1.807, 2.05) is 0 Å². The van der Waals surface area contributed by atoms with Crippen LogP contribution in [0, 0.1) is 0 Å². The Morgan fingerprint density at radius 1 is 1.42 bits per heavy atom. The molecular weight excluding hydrogens is 148 g/mol. The van der Waals surface area contributed by atoms with Crippen LogP contribution in [0.5, 0.6) is 0 Å². The van der Waals surface area contributed by atoms with Crippen LogP contribution in [0.4, 0.5) is 0 Å². The molecule has 2 nitrogen and oxygen atoms in total. The Bertz CT molecular complexity index is 114. The number of likely N-dealkylation sites (tertiary alicyclic amines) is 1. The van der Waals surface area contributed by atoms with Crippen LogP contribution in [-0.4, -0.2) is 37.6 Å². The second-order valence-corrected chi connectivity index (χ2v) is 3.78. The zero-order valence-corrected chi connectivity index (χ0v) is 8.47. The van der Waals surface area contributed by atoms with Gasteiger partial charge in [0, 0.05) is 12.6 Å². The standard InChI is InChI=1S/C10H22N2/c1-3-4-5-7-12-8-6-10(9-12)11-2/h10-11H,3-9H2,1-2H3. The minimum absolute atomic E-state index is 0.756. The van der Waals surface area contributed by atoms with E-state index in [4.69, 9.17) is 0 Å². The summed E-state index contributed by atoms with van der Waals surface area (Å²) in [4.78, 5) is 2.58. The molecule has 0 aromatic heterocycles. The molecule has 1 aliphatic heterocycles. The minimum atomic E-state index is 0.756. The van der Waals surface area contributed by atoms with Crippen molar-refractivity contribution in [3.8, 4) is 0 Å². The number of rotatable bonds is 5. The molecule has 1 rings (SSSR count). The molecule has 1 aliphatic rings. The lowest BCUT2D eigenvalue weighted by Crippen LogP contribution is -2.30. The average molecular weight is 170 g/mol. The number of hydrogen-bond donors (Lipinski definition) is 1. The predicted molar refractivity (Wildman–Crippen MR) is 53.4 cm³/mol. The van der Waals surface area contributed by atoms with E-state index in [0.29, 0.717) is 0 Å². The van der Waals surface area contributed by atoms with Crippen molar-refractivity contribution in [2.45, 2.75) is 38.6 Å². The molecule has 12 heavy (non-hydrogen) atoms. The van der Waals surface area contributed by atoms with E-state index in [2.05, 4.69) is 24.2 Å². The van der Waals surface area contributed by atoms with Gasteiger partial charge in [0.05, 0.1) is 0 Å². The van der Waals surface area contributed by atoms with Gasteiger partial charge in [-0.3, -0.25) is 0 Å². The summed E-state index contributed by atoms with van der Waals surface area (Å²) in [5.74, 6) is 0. The molecule has 0 bridgehead atoms. The Hall–Kier alpha value is -0.0800. The lowest BCUT2D eigenvalue weighted by molar-refractivity contribution is 0.321. The summed E-state index contributed by atoms with van der Waals surface area (Å²) < 4.78 is 0. The molecule has 0 aliphatic carbocycles. The van der Waals surface area contributed by atoms with Crippen LogP contribution in [0.1, 0.15) is 32.6 Å². The van der Waals surface area contributed by atoms with Gasteiger partial charge >= 0.3 is 0 Å². The molecule has 72 valence electrons. The number of hydrogen-bond acceptors (Lipinski definition) is 2. The molecule has 0 aromatic rings. The molecule has 1 saturated heterocycles. The maximum Gasteiger partial charge on any atom is 0.0204 e. The van der Waals surface area contributed by atoms with Crippen molar-refractivity contribution >= 4 is 0 Å². The Morgan fingerprint density at radius 2 is 2.25 bits per heavy atom. The van der Waals surface area contributed by atoms with Gasteiger partial charge in [-0.25, -0.2) is 0 Å². The highest BCUT2D eigenvalue weighted by Crippen LogP contribution is 2.09. The van der Waals surface area contributed by atoms with Crippen LogP contribution in [0.15, 0.2) is 0 Å². The molecule has 1 heterocycles. The van der Waals surface area contributed by atoms with E-state index >= 15 is 0 Å². The maximum absolute atomic E-state index is 3.34. The lowest BCUT2D eigenvalue weighted by atomic mass is 10.2. The van der Waals surface area contributed by atoms with Crippen molar-refractivity contribution in [2.75, 3.05) is 26.7 Å². The van der Waals surface area contributed by atoms with Gasteiger partial charge in [0.1, 0.15) is 0 Å². The maximum atomic E-state index is 3.34. The zero-order chi connectivity index (χ0) is 8.81. The van der Waals surface area contributed by atoms with Crippen molar-refractivity contribution in [1.82, 2.24) is 10.2 Å². The second-order valence-electron chi connectivity index (χ2n) is 3.78. The fraction of sp³-hybridized carbons (Fsp3) is 1.00. The molecule has 1 unspecified atom stereocenters. The number of nitrogens with zero attached hydrogens (tertiary/aromatic N) is 1. The van der Waals surface area contributed by atoms with E-state index in [1.54, 1.807) is 0 Å². The van der Waals surface area contributed by atoms with E-state index in [9.17, 15) is 0 Å². The summed E-state index contributed by atoms with van der Waals surface area (Å²) in [6.07, 6.45) is 5.44. The van der Waals surface area contributed by atoms with Gasteiger partial charge in [-0.2, -0.15) is 0 Å². The van der Waals surface area contributed by atoms with E-state index < -0.39 is 0 Å². The number of unbranched alkanes of at least 4 members (excludes halogenated alkanes) is 2. The highest BCUT2D eigenvalue weighted by molar-refractivity contribution is 4.79. The van der Waals surface area contributed by atoms with E-state index in [0.717, 1.165) is 6.04 Å². The van der Waals surface area contributed by atoms with Crippen molar-refractivity contribution in [2.24, 2.45) is 0 Å². The predicted octanol–water partition coefficient (Wildman–Crippen LogP) is 1.47. The van der Waals surface area contributed by atoms with Crippen LogP contribution >= 0.6 is 0 Å². The quantitative estimate of drug-likeness (QED) is 0.629. The molecule has 1 atom stereocenters. The monoisotopic (exact) mass is 170 g/mol. The van der Waals surface area contributed by atoms with Gasteiger partial charge in [-0.1, -0.05) is 19.8 Å². The van der Waals surface area contributed by atoms with E-state index in [1.165, 1.54) is 45.3 Å². The fourth-order valence-corrected chi connectivity index (χ4v) is 1.86. The van der Waals surface area contributed by atoms with Crippen molar-refractivity contribution in [3.63, 3.8) is 0 Å². The van der Waals surface area contributed by atoms with E-state index in [-0.39, 0.29) is 0 Å².